The van der Waals surface area contributed by atoms with Gasteiger partial charge in [0.2, 0.25) is 0 Å². The first kappa shape index (κ1) is 15.3. The summed E-state index contributed by atoms with van der Waals surface area (Å²) in [6, 6.07) is 1.24. The van der Waals surface area contributed by atoms with Crippen molar-refractivity contribution in [2.24, 2.45) is 0 Å². The number of hydrogen-bond acceptors (Lipinski definition) is 5. The van der Waals surface area contributed by atoms with E-state index in [9.17, 15) is 14.4 Å². The Bertz CT molecular complexity index is 634. The highest BCUT2D eigenvalue weighted by Crippen LogP contribution is 2.33. The lowest BCUT2D eigenvalue weighted by atomic mass is 10.1. The van der Waals surface area contributed by atoms with Gasteiger partial charge in [0.15, 0.2) is 0 Å². The van der Waals surface area contributed by atoms with Gasteiger partial charge in [-0.05, 0) is 33.6 Å². The topological polar surface area (TPSA) is 74.6 Å². The van der Waals surface area contributed by atoms with Crippen molar-refractivity contribution < 1.29 is 19.1 Å². The molecular formula is C15H19NO5. The maximum Gasteiger partial charge on any atom is 0.341 e. The first-order valence-electron chi connectivity index (χ1n) is 6.81. The van der Waals surface area contributed by atoms with Crippen LogP contribution in [0.5, 0.6) is 0 Å². The van der Waals surface area contributed by atoms with E-state index in [1.165, 1.54) is 17.9 Å². The van der Waals surface area contributed by atoms with E-state index in [0.29, 0.717) is 0 Å². The Hall–Kier alpha value is -2.11. The number of aromatic nitrogens is 1. The van der Waals surface area contributed by atoms with Crippen molar-refractivity contribution >= 4 is 11.9 Å². The van der Waals surface area contributed by atoms with Crippen LogP contribution in [0.4, 0.5) is 0 Å². The van der Waals surface area contributed by atoms with Crippen molar-refractivity contribution in [2.75, 3.05) is 7.11 Å². The summed E-state index contributed by atoms with van der Waals surface area (Å²) in [6.45, 7) is 5.21. The molecule has 0 aromatic carbocycles. The monoisotopic (exact) mass is 293 g/mol. The maximum absolute atomic E-state index is 12.3. The molecule has 0 atom stereocenters. The van der Waals surface area contributed by atoms with Gasteiger partial charge in [-0.25, -0.2) is 9.59 Å². The molecule has 0 radical (unpaired) electrons. The van der Waals surface area contributed by atoms with E-state index in [2.05, 4.69) is 4.74 Å². The van der Waals surface area contributed by atoms with Gasteiger partial charge in [0.1, 0.15) is 5.60 Å². The quantitative estimate of drug-likeness (QED) is 0.796. The zero-order valence-corrected chi connectivity index (χ0v) is 12.6. The summed E-state index contributed by atoms with van der Waals surface area (Å²) < 4.78 is 11.4. The van der Waals surface area contributed by atoms with Crippen LogP contribution in [0.15, 0.2) is 17.1 Å². The fourth-order valence-corrected chi connectivity index (χ4v) is 1.96. The van der Waals surface area contributed by atoms with E-state index in [1.54, 1.807) is 20.8 Å². The predicted octanol–water partition coefficient (Wildman–Crippen LogP) is 1.93. The summed E-state index contributed by atoms with van der Waals surface area (Å²) in [6.07, 6.45) is 3.19. The number of esters is 2. The van der Waals surface area contributed by atoms with E-state index >= 15 is 0 Å². The molecule has 1 aliphatic carbocycles. The zero-order chi connectivity index (χ0) is 15.8. The average Bonchev–Trinajstić information content (AvgIpc) is 3.19. The number of hydrogen-bond donors (Lipinski definition) is 0. The lowest BCUT2D eigenvalue weighted by Gasteiger charge is -2.20. The Morgan fingerprint density at radius 2 is 1.81 bits per heavy atom. The van der Waals surface area contributed by atoms with Crippen molar-refractivity contribution in [1.29, 1.82) is 0 Å². The summed E-state index contributed by atoms with van der Waals surface area (Å²) in [5.74, 6) is -1.37. The van der Waals surface area contributed by atoms with Crippen LogP contribution in [-0.2, 0) is 9.47 Å². The normalized spacial score (nSPS) is 14.7. The number of rotatable bonds is 3. The highest BCUT2D eigenvalue weighted by Gasteiger charge is 2.29. The van der Waals surface area contributed by atoms with Crippen LogP contribution in [0.1, 0.15) is 60.4 Å². The Balaban J connectivity index is 2.49. The van der Waals surface area contributed by atoms with Gasteiger partial charge in [-0.3, -0.25) is 4.79 Å². The third kappa shape index (κ3) is 3.51. The van der Waals surface area contributed by atoms with Gasteiger partial charge < -0.3 is 14.0 Å². The van der Waals surface area contributed by atoms with Crippen LogP contribution >= 0.6 is 0 Å². The van der Waals surface area contributed by atoms with Gasteiger partial charge in [0.05, 0.1) is 18.2 Å². The molecule has 1 saturated carbocycles. The van der Waals surface area contributed by atoms with Gasteiger partial charge >= 0.3 is 11.9 Å². The summed E-state index contributed by atoms with van der Waals surface area (Å²) in [5.41, 5.74) is -1.01. The molecule has 6 heteroatoms. The lowest BCUT2D eigenvalue weighted by molar-refractivity contribution is 0.00641. The Kier molecular flexibility index (Phi) is 3.89. The molecule has 0 saturated heterocycles. The van der Waals surface area contributed by atoms with Crippen molar-refractivity contribution in [3.63, 3.8) is 0 Å². The highest BCUT2D eigenvalue weighted by atomic mass is 16.6. The number of pyridine rings is 1. The second kappa shape index (κ2) is 5.35. The van der Waals surface area contributed by atoms with Crippen LogP contribution < -0.4 is 5.56 Å². The summed E-state index contributed by atoms with van der Waals surface area (Å²) in [5, 5.41) is 0. The molecule has 1 heterocycles. The van der Waals surface area contributed by atoms with Crippen molar-refractivity contribution in [3.8, 4) is 0 Å². The van der Waals surface area contributed by atoms with Crippen molar-refractivity contribution in [1.82, 2.24) is 4.57 Å². The molecule has 6 nitrogen and oxygen atoms in total. The predicted molar refractivity (Wildman–Crippen MR) is 75.5 cm³/mol. The fourth-order valence-electron chi connectivity index (χ4n) is 1.96. The molecular weight excluding hydrogens is 274 g/mol. The Morgan fingerprint density at radius 1 is 1.19 bits per heavy atom. The molecule has 0 bridgehead atoms. The van der Waals surface area contributed by atoms with Crippen molar-refractivity contribution in [3.05, 3.63) is 33.7 Å². The number of methoxy groups -OCH3 is 1. The molecule has 1 fully saturated rings. The minimum absolute atomic E-state index is 0.0586. The number of nitrogens with zero attached hydrogens (tertiary/aromatic N) is 1. The molecule has 2 rings (SSSR count). The van der Waals surface area contributed by atoms with E-state index in [-0.39, 0.29) is 22.7 Å². The fraction of sp³-hybridized carbons (Fsp3) is 0.533. The van der Waals surface area contributed by atoms with Crippen molar-refractivity contribution in [2.45, 2.75) is 45.3 Å². The zero-order valence-electron chi connectivity index (χ0n) is 12.6. The van der Waals surface area contributed by atoms with Crippen LogP contribution in [-0.4, -0.2) is 29.2 Å². The smallest absolute Gasteiger partial charge is 0.341 e. The summed E-state index contributed by atoms with van der Waals surface area (Å²) in [4.78, 5) is 36.0. The molecule has 0 aliphatic heterocycles. The minimum atomic E-state index is -0.726. The summed E-state index contributed by atoms with van der Waals surface area (Å²) >= 11 is 0. The minimum Gasteiger partial charge on any atom is -0.465 e. The first-order chi connectivity index (χ1) is 9.73. The van der Waals surface area contributed by atoms with E-state index in [0.717, 1.165) is 18.9 Å². The third-order valence-corrected chi connectivity index (χ3v) is 3.05. The molecule has 0 spiro atoms. The maximum atomic E-state index is 12.3. The molecule has 0 unspecified atom stereocenters. The van der Waals surface area contributed by atoms with Gasteiger partial charge in [0, 0.05) is 18.3 Å². The largest absolute Gasteiger partial charge is 0.465 e. The second-order valence-electron chi connectivity index (χ2n) is 6.07. The van der Waals surface area contributed by atoms with Gasteiger partial charge in [-0.2, -0.15) is 0 Å². The summed E-state index contributed by atoms with van der Waals surface area (Å²) in [7, 11) is 1.20. The molecule has 1 aromatic heterocycles. The van der Waals surface area contributed by atoms with Crippen LogP contribution in [0.3, 0.4) is 0 Å². The molecule has 21 heavy (non-hydrogen) atoms. The lowest BCUT2D eigenvalue weighted by Crippen LogP contribution is -2.28. The first-order valence-corrected chi connectivity index (χ1v) is 6.81. The standard InChI is InChI=1S/C15H19NO5/c1-15(2,3)21-14(19)11-8-16(9-5-6-9)12(17)7-10(11)13(18)20-4/h7-9H,5-6H2,1-4H3. The molecule has 114 valence electrons. The van der Waals surface area contributed by atoms with Gasteiger partial charge in [-0.1, -0.05) is 0 Å². The SMILES string of the molecule is COC(=O)c1cc(=O)n(C2CC2)cc1C(=O)OC(C)(C)C. The third-order valence-electron chi connectivity index (χ3n) is 3.05. The van der Waals surface area contributed by atoms with Crippen LogP contribution in [0, 0.1) is 0 Å². The van der Waals surface area contributed by atoms with E-state index in [4.69, 9.17) is 4.74 Å². The Labute approximate surface area is 122 Å². The van der Waals surface area contributed by atoms with E-state index in [1.807, 2.05) is 0 Å². The molecule has 1 aliphatic rings. The molecule has 0 amide bonds. The van der Waals surface area contributed by atoms with Crippen LogP contribution in [0.2, 0.25) is 0 Å². The van der Waals surface area contributed by atoms with E-state index < -0.39 is 17.5 Å². The second-order valence-corrected chi connectivity index (χ2v) is 6.07. The number of carbonyl (C=O) groups excluding carboxylic acids is 2. The van der Waals surface area contributed by atoms with Crippen LogP contribution in [0.25, 0.3) is 0 Å². The Morgan fingerprint density at radius 3 is 2.29 bits per heavy atom. The van der Waals surface area contributed by atoms with Gasteiger partial charge in [-0.15, -0.1) is 0 Å². The number of carbonyl (C=O) groups is 2. The highest BCUT2D eigenvalue weighted by molar-refractivity contribution is 6.02. The average molecular weight is 293 g/mol. The van der Waals surface area contributed by atoms with Gasteiger partial charge in [0.25, 0.3) is 5.56 Å². The number of ether oxygens (including phenoxy) is 2. The molecule has 1 aromatic rings. The molecule has 0 N–H and O–H groups in total.